The van der Waals surface area contributed by atoms with E-state index in [0.717, 1.165) is 6.54 Å². The first-order valence-corrected chi connectivity index (χ1v) is 8.59. The Hall–Kier alpha value is -0.260. The number of carbonyl (C=O) groups excluding carboxylic acids is 1. The Labute approximate surface area is 120 Å². The molecule has 4 nitrogen and oxygen atoms in total. The lowest BCUT2D eigenvalue weighted by Crippen LogP contribution is -2.56. The number of nitrogens with zero attached hydrogens (tertiary/aromatic N) is 1. The topological polar surface area (TPSA) is 41.6 Å². The Kier molecular flexibility index (Phi) is 5.98. The van der Waals surface area contributed by atoms with Gasteiger partial charge in [-0.3, -0.25) is 9.69 Å². The summed E-state index contributed by atoms with van der Waals surface area (Å²) in [5.74, 6) is 2.49. The first-order valence-electron chi connectivity index (χ1n) is 7.44. The van der Waals surface area contributed by atoms with Crippen LogP contribution in [0.5, 0.6) is 0 Å². The van der Waals surface area contributed by atoms with Crippen LogP contribution in [0, 0.1) is 0 Å². The maximum absolute atomic E-state index is 11.7. The van der Waals surface area contributed by atoms with Crippen LogP contribution in [0.3, 0.4) is 0 Å². The lowest BCUT2D eigenvalue weighted by Gasteiger charge is -2.43. The number of hydrogen-bond acceptors (Lipinski definition) is 4. The van der Waals surface area contributed by atoms with E-state index in [-0.39, 0.29) is 18.1 Å². The van der Waals surface area contributed by atoms with Gasteiger partial charge in [-0.05, 0) is 19.8 Å². The molecule has 1 saturated carbocycles. The van der Waals surface area contributed by atoms with Gasteiger partial charge in [-0.2, -0.15) is 11.8 Å². The third-order valence-corrected chi connectivity index (χ3v) is 5.21. The minimum Gasteiger partial charge on any atom is -0.372 e. The van der Waals surface area contributed by atoms with Crippen LogP contribution in [-0.2, 0) is 9.53 Å². The summed E-state index contributed by atoms with van der Waals surface area (Å²) >= 11 is 2.04. The van der Waals surface area contributed by atoms with Crippen LogP contribution in [0.1, 0.15) is 32.6 Å². The average Bonchev–Trinajstić information content (AvgIpc) is 2.94. The summed E-state index contributed by atoms with van der Waals surface area (Å²) in [5.41, 5.74) is 0.225. The van der Waals surface area contributed by atoms with Crippen LogP contribution in [0.4, 0.5) is 0 Å². The van der Waals surface area contributed by atoms with Gasteiger partial charge in [0.1, 0.15) is 6.61 Å². The van der Waals surface area contributed by atoms with E-state index >= 15 is 0 Å². The maximum Gasteiger partial charge on any atom is 0.246 e. The molecule has 1 saturated heterocycles. The quantitative estimate of drug-likeness (QED) is 0.803. The van der Waals surface area contributed by atoms with Crippen molar-refractivity contribution in [3.63, 3.8) is 0 Å². The van der Waals surface area contributed by atoms with E-state index in [9.17, 15) is 4.79 Å². The zero-order chi connectivity index (χ0) is 13.6. The van der Waals surface area contributed by atoms with E-state index in [2.05, 4.69) is 10.2 Å². The first-order chi connectivity index (χ1) is 9.27. The van der Waals surface area contributed by atoms with Gasteiger partial charge < -0.3 is 10.1 Å². The minimum absolute atomic E-state index is 0.0273. The average molecular weight is 286 g/mol. The van der Waals surface area contributed by atoms with Gasteiger partial charge in [-0.25, -0.2) is 0 Å². The van der Waals surface area contributed by atoms with Crippen molar-refractivity contribution in [1.82, 2.24) is 10.2 Å². The first kappa shape index (κ1) is 15.1. The largest absolute Gasteiger partial charge is 0.372 e. The number of nitrogens with one attached hydrogen (secondary N) is 1. The second-order valence-electron chi connectivity index (χ2n) is 5.44. The van der Waals surface area contributed by atoms with E-state index in [4.69, 9.17) is 4.74 Å². The smallest absolute Gasteiger partial charge is 0.246 e. The second kappa shape index (κ2) is 7.50. The molecule has 19 heavy (non-hydrogen) atoms. The van der Waals surface area contributed by atoms with Crippen LogP contribution in [-0.4, -0.2) is 60.7 Å². The molecule has 1 N–H and O–H groups in total. The Balaban J connectivity index is 1.86. The highest BCUT2D eigenvalue weighted by Gasteiger charge is 2.40. The summed E-state index contributed by atoms with van der Waals surface area (Å²) < 4.78 is 5.16. The van der Waals surface area contributed by atoms with E-state index in [1.165, 1.54) is 50.3 Å². The third kappa shape index (κ3) is 4.10. The molecular formula is C14H26N2O2S. The van der Waals surface area contributed by atoms with Crippen molar-refractivity contribution in [3.8, 4) is 0 Å². The van der Waals surface area contributed by atoms with Crippen molar-refractivity contribution >= 4 is 17.7 Å². The van der Waals surface area contributed by atoms with Crippen molar-refractivity contribution in [1.29, 1.82) is 0 Å². The summed E-state index contributed by atoms with van der Waals surface area (Å²) in [7, 11) is 0. The predicted molar refractivity (Wildman–Crippen MR) is 79.6 cm³/mol. The summed E-state index contributed by atoms with van der Waals surface area (Å²) in [6.07, 6.45) is 5.05. The molecule has 2 rings (SSSR count). The molecule has 2 fully saturated rings. The number of hydrogen-bond donors (Lipinski definition) is 1. The molecule has 110 valence electrons. The zero-order valence-electron chi connectivity index (χ0n) is 12.0. The molecule has 0 aromatic carbocycles. The van der Waals surface area contributed by atoms with Gasteiger partial charge in [0.25, 0.3) is 0 Å². The van der Waals surface area contributed by atoms with Gasteiger partial charge in [0.2, 0.25) is 5.91 Å². The van der Waals surface area contributed by atoms with Crippen LogP contribution < -0.4 is 5.32 Å². The molecule has 0 unspecified atom stereocenters. The van der Waals surface area contributed by atoms with Gasteiger partial charge in [0.05, 0.1) is 0 Å². The summed E-state index contributed by atoms with van der Waals surface area (Å²) in [4.78, 5) is 14.3. The number of rotatable bonds is 6. The monoisotopic (exact) mass is 286 g/mol. The standard InChI is InChI=1S/C14H26N2O2S/c1-2-18-11-13(17)15-12-14(5-3-4-6-14)16-7-9-19-10-8-16/h2-12H2,1H3,(H,15,17). The van der Waals surface area contributed by atoms with Gasteiger partial charge >= 0.3 is 0 Å². The molecule has 1 aliphatic carbocycles. The van der Waals surface area contributed by atoms with Crippen molar-refractivity contribution < 1.29 is 9.53 Å². The maximum atomic E-state index is 11.7. The van der Waals surface area contributed by atoms with Crippen molar-refractivity contribution in [2.24, 2.45) is 0 Å². The van der Waals surface area contributed by atoms with Crippen LogP contribution in [0.25, 0.3) is 0 Å². The van der Waals surface area contributed by atoms with Crippen LogP contribution >= 0.6 is 11.8 Å². The second-order valence-corrected chi connectivity index (χ2v) is 6.67. The fraction of sp³-hybridized carbons (Fsp3) is 0.929. The summed E-state index contributed by atoms with van der Waals surface area (Å²) in [5, 5.41) is 3.09. The molecule has 0 spiro atoms. The molecule has 1 aliphatic heterocycles. The van der Waals surface area contributed by atoms with E-state index in [0.29, 0.717) is 6.61 Å². The number of carbonyl (C=O) groups is 1. The van der Waals surface area contributed by atoms with Gasteiger partial charge in [0, 0.05) is 43.3 Å². The van der Waals surface area contributed by atoms with E-state index in [1.807, 2.05) is 18.7 Å². The Morgan fingerprint density at radius 3 is 2.63 bits per heavy atom. The summed E-state index contributed by atoms with van der Waals surface area (Å²) in [6.45, 7) is 5.85. The van der Waals surface area contributed by atoms with Gasteiger partial charge in [-0.1, -0.05) is 12.8 Å². The lowest BCUT2D eigenvalue weighted by molar-refractivity contribution is -0.126. The van der Waals surface area contributed by atoms with Crippen LogP contribution in [0.15, 0.2) is 0 Å². The predicted octanol–water partition coefficient (Wildman–Crippen LogP) is 1.50. The highest BCUT2D eigenvalue weighted by molar-refractivity contribution is 7.99. The Morgan fingerprint density at radius 1 is 1.32 bits per heavy atom. The molecule has 2 aliphatic rings. The Bertz CT molecular complexity index is 287. The van der Waals surface area contributed by atoms with Crippen molar-refractivity contribution in [2.75, 3.05) is 44.4 Å². The normalized spacial score (nSPS) is 23.4. The molecule has 0 aromatic heterocycles. The zero-order valence-corrected chi connectivity index (χ0v) is 12.8. The molecule has 0 aromatic rings. The van der Waals surface area contributed by atoms with Gasteiger partial charge in [-0.15, -0.1) is 0 Å². The molecular weight excluding hydrogens is 260 g/mol. The molecule has 5 heteroatoms. The molecule has 0 radical (unpaired) electrons. The third-order valence-electron chi connectivity index (χ3n) is 4.27. The van der Waals surface area contributed by atoms with Crippen molar-refractivity contribution in [3.05, 3.63) is 0 Å². The number of thioether (sulfide) groups is 1. The number of amides is 1. The SMILES string of the molecule is CCOCC(=O)NCC1(N2CCSCC2)CCCC1. The molecule has 1 heterocycles. The molecule has 1 amide bonds. The lowest BCUT2D eigenvalue weighted by atomic mass is 9.94. The van der Waals surface area contributed by atoms with E-state index in [1.54, 1.807) is 0 Å². The highest BCUT2D eigenvalue weighted by Crippen LogP contribution is 2.36. The molecule has 0 atom stereocenters. The summed E-state index contributed by atoms with van der Waals surface area (Å²) in [6, 6.07) is 0. The fourth-order valence-corrected chi connectivity index (χ4v) is 4.09. The van der Waals surface area contributed by atoms with Crippen molar-refractivity contribution in [2.45, 2.75) is 38.1 Å². The van der Waals surface area contributed by atoms with Crippen LogP contribution in [0.2, 0.25) is 0 Å². The number of ether oxygens (including phenoxy) is 1. The van der Waals surface area contributed by atoms with E-state index < -0.39 is 0 Å². The van der Waals surface area contributed by atoms with Gasteiger partial charge in [0.15, 0.2) is 0 Å². The minimum atomic E-state index is 0.0273. The molecule has 0 bridgehead atoms. The Morgan fingerprint density at radius 2 is 2.00 bits per heavy atom. The highest BCUT2D eigenvalue weighted by atomic mass is 32.2. The fourth-order valence-electron chi connectivity index (χ4n) is 3.18.